The van der Waals surface area contributed by atoms with Crippen LogP contribution in [0.1, 0.15) is 28.1 Å². The van der Waals surface area contributed by atoms with Crippen LogP contribution in [0, 0.1) is 27.7 Å². The number of anilines is 2. The van der Waals surface area contributed by atoms with E-state index in [1.54, 1.807) is 0 Å². The smallest absolute Gasteiger partial charge is 0.107 e. The van der Waals surface area contributed by atoms with Gasteiger partial charge < -0.3 is 11.1 Å². The third-order valence-corrected chi connectivity index (χ3v) is 3.44. The van der Waals surface area contributed by atoms with Crippen molar-refractivity contribution in [1.29, 1.82) is 0 Å². The summed E-state index contributed by atoms with van der Waals surface area (Å²) < 4.78 is 0. The molecule has 0 bridgehead atoms. The molecule has 1 heterocycles. The second-order valence-corrected chi connectivity index (χ2v) is 5.52. The number of nitrogens with one attached hydrogen (secondary N) is 1. The molecule has 0 aliphatic heterocycles. The summed E-state index contributed by atoms with van der Waals surface area (Å²) in [6.45, 7) is 8.03. The highest BCUT2D eigenvalue weighted by Gasteiger charge is 2.12. The van der Waals surface area contributed by atoms with E-state index in [1.807, 2.05) is 19.9 Å². The molecule has 1 aromatic heterocycles. The largest absolute Gasteiger partial charge is 0.389 e. The molecular formula is C16H19N3S. The first kappa shape index (κ1) is 14.5. The van der Waals surface area contributed by atoms with Gasteiger partial charge in [-0.15, -0.1) is 0 Å². The number of benzene rings is 1. The molecule has 2 rings (SSSR count). The monoisotopic (exact) mass is 285 g/mol. The minimum Gasteiger partial charge on any atom is -0.389 e. The van der Waals surface area contributed by atoms with Gasteiger partial charge in [0.1, 0.15) is 4.99 Å². The molecule has 0 fully saturated rings. The molecule has 3 nitrogen and oxygen atoms in total. The van der Waals surface area contributed by atoms with Gasteiger partial charge in [-0.3, -0.25) is 4.98 Å². The van der Waals surface area contributed by atoms with E-state index in [4.69, 9.17) is 18.0 Å². The summed E-state index contributed by atoms with van der Waals surface area (Å²) in [5, 5.41) is 3.44. The van der Waals surface area contributed by atoms with E-state index in [2.05, 4.69) is 42.3 Å². The standard InChI is InChI=1S/C16H19N3S/c1-9-5-6-10(2)13(7-9)19-14-8-11(3)18-12(4)15(14)16(17)20/h5-8H,1-4H3,(H2,17,20)(H,18,19). The Morgan fingerprint density at radius 2 is 1.80 bits per heavy atom. The number of aryl methyl sites for hydroxylation is 4. The zero-order chi connectivity index (χ0) is 14.9. The van der Waals surface area contributed by atoms with E-state index >= 15 is 0 Å². The van der Waals surface area contributed by atoms with Crippen molar-refractivity contribution in [1.82, 2.24) is 4.98 Å². The molecule has 3 N–H and O–H groups in total. The Hall–Kier alpha value is -1.94. The van der Waals surface area contributed by atoms with Crippen LogP contribution in [0.3, 0.4) is 0 Å². The van der Waals surface area contributed by atoms with E-state index in [0.717, 1.165) is 28.3 Å². The highest BCUT2D eigenvalue weighted by Crippen LogP contribution is 2.26. The maximum atomic E-state index is 5.84. The first-order chi connectivity index (χ1) is 9.38. The second kappa shape index (κ2) is 5.59. The van der Waals surface area contributed by atoms with Crippen molar-refractivity contribution in [2.24, 2.45) is 5.73 Å². The van der Waals surface area contributed by atoms with Crippen molar-refractivity contribution in [2.45, 2.75) is 27.7 Å². The van der Waals surface area contributed by atoms with Gasteiger partial charge in [0, 0.05) is 17.1 Å². The minimum atomic E-state index is 0.364. The number of thiocarbonyl (C=S) groups is 1. The van der Waals surface area contributed by atoms with Crippen LogP contribution in [0.2, 0.25) is 0 Å². The molecule has 20 heavy (non-hydrogen) atoms. The summed E-state index contributed by atoms with van der Waals surface area (Å²) in [5.41, 5.74) is 12.8. The molecule has 2 aromatic rings. The maximum absolute atomic E-state index is 5.84. The third-order valence-electron chi connectivity index (χ3n) is 3.24. The molecule has 0 aliphatic carbocycles. The Balaban J connectivity index is 2.53. The SMILES string of the molecule is Cc1ccc(C)c(Nc2cc(C)nc(C)c2C(N)=S)c1. The average molecular weight is 285 g/mol. The van der Waals surface area contributed by atoms with Crippen LogP contribution in [0.5, 0.6) is 0 Å². The zero-order valence-electron chi connectivity index (χ0n) is 12.2. The number of pyridine rings is 1. The van der Waals surface area contributed by atoms with Crippen LogP contribution in [-0.2, 0) is 0 Å². The van der Waals surface area contributed by atoms with Gasteiger partial charge in [-0.2, -0.15) is 0 Å². The Labute approximate surface area is 125 Å². The lowest BCUT2D eigenvalue weighted by Crippen LogP contribution is -2.15. The van der Waals surface area contributed by atoms with Crippen molar-refractivity contribution < 1.29 is 0 Å². The normalized spacial score (nSPS) is 10.4. The molecule has 0 radical (unpaired) electrons. The second-order valence-electron chi connectivity index (χ2n) is 5.08. The average Bonchev–Trinajstić information content (AvgIpc) is 2.32. The summed E-state index contributed by atoms with van der Waals surface area (Å²) in [5.74, 6) is 0. The minimum absolute atomic E-state index is 0.364. The van der Waals surface area contributed by atoms with E-state index in [0.29, 0.717) is 4.99 Å². The van der Waals surface area contributed by atoms with E-state index in [9.17, 15) is 0 Å². The third kappa shape index (κ3) is 2.96. The fourth-order valence-corrected chi connectivity index (χ4v) is 2.51. The van der Waals surface area contributed by atoms with Gasteiger partial charge in [0.05, 0.1) is 11.3 Å². The van der Waals surface area contributed by atoms with Crippen molar-refractivity contribution in [2.75, 3.05) is 5.32 Å². The van der Waals surface area contributed by atoms with E-state index < -0.39 is 0 Å². The number of aromatic nitrogens is 1. The van der Waals surface area contributed by atoms with Crippen LogP contribution in [0.25, 0.3) is 0 Å². The molecule has 4 heteroatoms. The molecule has 104 valence electrons. The van der Waals surface area contributed by atoms with Crippen LogP contribution in [0.15, 0.2) is 24.3 Å². The van der Waals surface area contributed by atoms with Crippen molar-refractivity contribution in [3.8, 4) is 0 Å². The number of hydrogen-bond donors (Lipinski definition) is 2. The van der Waals surface area contributed by atoms with Gasteiger partial charge in [-0.1, -0.05) is 24.4 Å². The topological polar surface area (TPSA) is 50.9 Å². The van der Waals surface area contributed by atoms with Crippen molar-refractivity contribution in [3.63, 3.8) is 0 Å². The summed E-state index contributed by atoms with van der Waals surface area (Å²) >= 11 is 5.15. The van der Waals surface area contributed by atoms with Crippen molar-refractivity contribution >= 4 is 28.6 Å². The predicted molar refractivity (Wildman–Crippen MR) is 88.8 cm³/mol. The lowest BCUT2D eigenvalue weighted by molar-refractivity contribution is 1.11. The van der Waals surface area contributed by atoms with Gasteiger partial charge in [-0.05, 0) is 51.0 Å². The van der Waals surface area contributed by atoms with Gasteiger partial charge in [0.15, 0.2) is 0 Å². The van der Waals surface area contributed by atoms with Gasteiger partial charge in [0.2, 0.25) is 0 Å². The number of hydrogen-bond acceptors (Lipinski definition) is 3. The zero-order valence-corrected chi connectivity index (χ0v) is 13.1. The quantitative estimate of drug-likeness (QED) is 0.844. The van der Waals surface area contributed by atoms with Gasteiger partial charge in [0.25, 0.3) is 0 Å². The van der Waals surface area contributed by atoms with Crippen LogP contribution >= 0.6 is 12.2 Å². The number of rotatable bonds is 3. The maximum Gasteiger partial charge on any atom is 0.107 e. The van der Waals surface area contributed by atoms with Gasteiger partial charge in [-0.25, -0.2) is 0 Å². The highest BCUT2D eigenvalue weighted by atomic mass is 32.1. The van der Waals surface area contributed by atoms with Crippen molar-refractivity contribution in [3.05, 3.63) is 52.3 Å². The summed E-state index contributed by atoms with van der Waals surface area (Å²) in [4.78, 5) is 4.79. The summed E-state index contributed by atoms with van der Waals surface area (Å²) in [6.07, 6.45) is 0. The van der Waals surface area contributed by atoms with Crippen LogP contribution in [-0.4, -0.2) is 9.97 Å². The molecule has 1 aromatic carbocycles. The predicted octanol–water partition coefficient (Wildman–Crippen LogP) is 3.69. The first-order valence-electron chi connectivity index (χ1n) is 6.51. The van der Waals surface area contributed by atoms with E-state index in [1.165, 1.54) is 11.1 Å². The Morgan fingerprint density at radius 3 is 2.45 bits per heavy atom. The van der Waals surface area contributed by atoms with Gasteiger partial charge >= 0.3 is 0 Å². The Morgan fingerprint density at radius 1 is 1.10 bits per heavy atom. The van der Waals surface area contributed by atoms with Crippen LogP contribution in [0.4, 0.5) is 11.4 Å². The molecule has 0 aliphatic rings. The summed E-state index contributed by atoms with van der Waals surface area (Å²) in [6, 6.07) is 8.28. The number of nitrogens with two attached hydrogens (primary N) is 1. The fourth-order valence-electron chi connectivity index (χ4n) is 2.25. The molecule has 0 saturated heterocycles. The molecule has 0 unspecified atom stereocenters. The highest BCUT2D eigenvalue weighted by molar-refractivity contribution is 7.80. The molecular weight excluding hydrogens is 266 g/mol. The first-order valence-corrected chi connectivity index (χ1v) is 6.91. The molecule has 0 spiro atoms. The fraction of sp³-hybridized carbons (Fsp3) is 0.250. The Kier molecular flexibility index (Phi) is 4.04. The number of nitrogens with zero attached hydrogens (tertiary/aromatic N) is 1. The molecule has 0 atom stereocenters. The lowest BCUT2D eigenvalue weighted by atomic mass is 10.1. The summed E-state index contributed by atoms with van der Waals surface area (Å²) in [7, 11) is 0. The molecule has 0 saturated carbocycles. The van der Waals surface area contributed by atoms with Crippen LogP contribution < -0.4 is 11.1 Å². The van der Waals surface area contributed by atoms with E-state index in [-0.39, 0.29) is 0 Å². The molecule has 0 amide bonds. The lowest BCUT2D eigenvalue weighted by Gasteiger charge is -2.16. The Bertz CT molecular complexity index is 678.